The molecule has 0 aromatic heterocycles. The summed E-state index contributed by atoms with van der Waals surface area (Å²) in [6, 6.07) is 0. The molecule has 0 aromatic rings. The average Bonchev–Trinajstić information content (AvgIpc) is 1.91. The van der Waals surface area contributed by atoms with Crippen LogP contribution in [0.3, 0.4) is 0 Å². The van der Waals surface area contributed by atoms with Gasteiger partial charge >= 0.3 is 6.08 Å². The minimum absolute atomic E-state index is 1.72. The highest BCUT2D eigenvalue weighted by molar-refractivity contribution is 4.90. The third-order valence-electron chi connectivity index (χ3n) is 0.322. The largest absolute Gasteiger partial charge is 0.304 e. The monoisotopic (exact) mass is 142 g/mol. The SMILES string of the molecule is C=C.FCC(F)=C(F)F. The first-order valence-electron chi connectivity index (χ1n) is 1.94. The first kappa shape index (κ1) is 11.1. The lowest BCUT2D eigenvalue weighted by molar-refractivity contribution is 0.348. The van der Waals surface area contributed by atoms with Gasteiger partial charge in [0, 0.05) is 0 Å². The quantitative estimate of drug-likeness (QED) is 0.390. The van der Waals surface area contributed by atoms with Crippen LogP contribution in [0.5, 0.6) is 0 Å². The topological polar surface area (TPSA) is 0 Å². The second kappa shape index (κ2) is 7.20. The molecular weight excluding hydrogens is 136 g/mol. The Morgan fingerprint density at radius 1 is 1.11 bits per heavy atom. The normalized spacial score (nSPS) is 7.11. The molecule has 0 aliphatic carbocycles. The van der Waals surface area contributed by atoms with Crippen LogP contribution < -0.4 is 0 Å². The first-order valence-corrected chi connectivity index (χ1v) is 1.94. The van der Waals surface area contributed by atoms with Crippen molar-refractivity contribution in [1.29, 1.82) is 0 Å². The third-order valence-corrected chi connectivity index (χ3v) is 0.322. The van der Waals surface area contributed by atoms with Gasteiger partial charge in [0.25, 0.3) is 0 Å². The number of hydrogen-bond acceptors (Lipinski definition) is 0. The second-order valence-corrected chi connectivity index (χ2v) is 0.799. The lowest BCUT2D eigenvalue weighted by atomic mass is 10.6. The van der Waals surface area contributed by atoms with Crippen LogP contribution in [-0.2, 0) is 0 Å². The Bertz CT molecular complexity index is 93.1. The fourth-order valence-corrected chi connectivity index (χ4v) is 0.0505. The van der Waals surface area contributed by atoms with Crippen LogP contribution in [0.4, 0.5) is 17.6 Å². The van der Waals surface area contributed by atoms with Crippen LogP contribution in [0.25, 0.3) is 0 Å². The molecule has 0 radical (unpaired) electrons. The van der Waals surface area contributed by atoms with Gasteiger partial charge in [-0.3, -0.25) is 0 Å². The molecule has 0 saturated heterocycles. The molecule has 0 fully saturated rings. The van der Waals surface area contributed by atoms with Crippen molar-refractivity contribution in [3.63, 3.8) is 0 Å². The van der Waals surface area contributed by atoms with Crippen molar-refractivity contribution in [3.05, 3.63) is 25.1 Å². The van der Waals surface area contributed by atoms with E-state index in [4.69, 9.17) is 0 Å². The van der Waals surface area contributed by atoms with Crippen molar-refractivity contribution in [1.82, 2.24) is 0 Å². The summed E-state index contributed by atoms with van der Waals surface area (Å²) in [5.74, 6) is -1.99. The van der Waals surface area contributed by atoms with Crippen LogP contribution in [0.2, 0.25) is 0 Å². The highest BCUT2D eigenvalue weighted by atomic mass is 19.3. The molecule has 0 unspecified atom stereocenters. The minimum Gasteiger partial charge on any atom is -0.243 e. The minimum atomic E-state index is -2.58. The Balaban J connectivity index is 0. The molecule has 54 valence electrons. The van der Waals surface area contributed by atoms with Crippen molar-refractivity contribution in [2.24, 2.45) is 0 Å². The summed E-state index contributed by atoms with van der Waals surface area (Å²) in [6.45, 7) is 4.28. The van der Waals surface area contributed by atoms with E-state index >= 15 is 0 Å². The number of halogens is 4. The maximum absolute atomic E-state index is 11.0. The summed E-state index contributed by atoms with van der Waals surface area (Å²) in [7, 11) is 0. The van der Waals surface area contributed by atoms with Gasteiger partial charge in [0.1, 0.15) is 6.67 Å². The number of hydrogen-bond donors (Lipinski definition) is 0. The molecule has 0 heterocycles. The van der Waals surface area contributed by atoms with Crippen molar-refractivity contribution in [2.75, 3.05) is 6.67 Å². The van der Waals surface area contributed by atoms with Gasteiger partial charge in [-0.15, -0.1) is 13.2 Å². The zero-order chi connectivity index (χ0) is 7.86. The molecule has 0 bridgehead atoms. The Morgan fingerprint density at radius 3 is 1.44 bits per heavy atom. The molecule has 0 aromatic carbocycles. The van der Waals surface area contributed by atoms with Gasteiger partial charge in [-0.1, -0.05) is 0 Å². The smallest absolute Gasteiger partial charge is 0.243 e. The standard InChI is InChI=1S/C3H2F4.C2H4/c4-1-2(5)3(6)7;1-2/h1H2;1-2H2. The Labute approximate surface area is 50.5 Å². The lowest BCUT2D eigenvalue weighted by Crippen LogP contribution is -1.74. The average molecular weight is 142 g/mol. The molecule has 0 saturated carbocycles. The fraction of sp³-hybridized carbons (Fsp3) is 0.200. The van der Waals surface area contributed by atoms with E-state index in [1.807, 2.05) is 0 Å². The van der Waals surface area contributed by atoms with E-state index < -0.39 is 18.6 Å². The van der Waals surface area contributed by atoms with Gasteiger partial charge < -0.3 is 0 Å². The van der Waals surface area contributed by atoms with Crippen molar-refractivity contribution < 1.29 is 17.6 Å². The molecular formula is C5H6F4. The third kappa shape index (κ3) is 7.20. The summed E-state index contributed by atoms with van der Waals surface area (Å²) in [6.07, 6.45) is -2.58. The molecule has 0 N–H and O–H groups in total. The second-order valence-electron chi connectivity index (χ2n) is 0.799. The molecule has 0 nitrogen and oxygen atoms in total. The summed E-state index contributed by atoms with van der Waals surface area (Å²) in [5.41, 5.74) is 0. The van der Waals surface area contributed by atoms with E-state index in [1.54, 1.807) is 0 Å². The van der Waals surface area contributed by atoms with Gasteiger partial charge in [-0.25, -0.2) is 8.78 Å². The van der Waals surface area contributed by atoms with Gasteiger partial charge in [0.15, 0.2) is 5.83 Å². The van der Waals surface area contributed by atoms with E-state index in [1.165, 1.54) is 0 Å². The summed E-state index contributed by atoms with van der Waals surface area (Å²) < 4.78 is 43.1. The maximum atomic E-state index is 11.0. The predicted molar refractivity (Wildman–Crippen MR) is 27.6 cm³/mol. The highest BCUT2D eigenvalue weighted by Gasteiger charge is 2.00. The summed E-state index contributed by atoms with van der Waals surface area (Å²) in [4.78, 5) is 0. The molecule has 0 atom stereocenters. The van der Waals surface area contributed by atoms with Crippen LogP contribution in [0.1, 0.15) is 0 Å². The summed E-state index contributed by atoms with van der Waals surface area (Å²) in [5, 5.41) is 0. The van der Waals surface area contributed by atoms with Crippen LogP contribution >= 0.6 is 0 Å². The Hall–Kier alpha value is -0.800. The molecule has 9 heavy (non-hydrogen) atoms. The lowest BCUT2D eigenvalue weighted by Gasteiger charge is -1.79. The maximum Gasteiger partial charge on any atom is 0.304 e. The molecule has 0 spiro atoms. The van der Waals surface area contributed by atoms with Crippen LogP contribution in [0.15, 0.2) is 25.1 Å². The van der Waals surface area contributed by atoms with E-state index in [2.05, 4.69) is 13.2 Å². The van der Waals surface area contributed by atoms with E-state index in [0.29, 0.717) is 0 Å². The zero-order valence-electron chi connectivity index (χ0n) is 4.63. The highest BCUT2D eigenvalue weighted by Crippen LogP contribution is 2.07. The molecule has 4 heteroatoms. The van der Waals surface area contributed by atoms with Gasteiger partial charge in [0.2, 0.25) is 0 Å². The van der Waals surface area contributed by atoms with Gasteiger partial charge in [-0.05, 0) is 0 Å². The van der Waals surface area contributed by atoms with Crippen LogP contribution in [0, 0.1) is 0 Å². The van der Waals surface area contributed by atoms with Crippen molar-refractivity contribution in [3.8, 4) is 0 Å². The Morgan fingerprint density at radius 2 is 1.44 bits per heavy atom. The molecule has 0 amide bonds. The zero-order valence-corrected chi connectivity index (χ0v) is 4.63. The van der Waals surface area contributed by atoms with E-state index in [-0.39, 0.29) is 0 Å². The van der Waals surface area contributed by atoms with Gasteiger partial charge in [-0.2, -0.15) is 8.78 Å². The molecule has 0 rings (SSSR count). The van der Waals surface area contributed by atoms with Gasteiger partial charge in [0.05, 0.1) is 0 Å². The van der Waals surface area contributed by atoms with Crippen molar-refractivity contribution in [2.45, 2.75) is 0 Å². The van der Waals surface area contributed by atoms with Crippen LogP contribution in [-0.4, -0.2) is 6.67 Å². The van der Waals surface area contributed by atoms with E-state index in [0.717, 1.165) is 0 Å². The molecule has 0 aliphatic heterocycles. The van der Waals surface area contributed by atoms with Crippen molar-refractivity contribution >= 4 is 0 Å². The van der Waals surface area contributed by atoms with E-state index in [9.17, 15) is 17.6 Å². The number of allylic oxidation sites excluding steroid dienone is 1. The number of alkyl halides is 1. The number of rotatable bonds is 1. The fourth-order valence-electron chi connectivity index (χ4n) is 0.0505. The Kier molecular flexibility index (Phi) is 8.85. The first-order chi connectivity index (χ1) is 4.18. The predicted octanol–water partition coefficient (Wildman–Crippen LogP) is 2.84. The summed E-state index contributed by atoms with van der Waals surface area (Å²) >= 11 is 0. The molecule has 0 aliphatic rings.